The van der Waals surface area contributed by atoms with Crippen LogP contribution >= 0.6 is 15.9 Å². The summed E-state index contributed by atoms with van der Waals surface area (Å²) in [6.45, 7) is 4.09. The summed E-state index contributed by atoms with van der Waals surface area (Å²) in [7, 11) is 0. The molecule has 0 fully saturated rings. The Morgan fingerprint density at radius 2 is 2.25 bits per heavy atom. The number of nitrogens with two attached hydrogens (primary N) is 1. The van der Waals surface area contributed by atoms with Crippen molar-refractivity contribution in [1.29, 1.82) is 0 Å². The van der Waals surface area contributed by atoms with Gasteiger partial charge in [0.1, 0.15) is 0 Å². The summed E-state index contributed by atoms with van der Waals surface area (Å²) in [6, 6.07) is 5.46. The number of hydrogen-bond donors (Lipinski definition) is 2. The first-order valence-corrected chi connectivity index (χ1v) is 6.19. The van der Waals surface area contributed by atoms with Gasteiger partial charge in [0, 0.05) is 16.2 Å². The summed E-state index contributed by atoms with van der Waals surface area (Å²) >= 11 is 3.31. The van der Waals surface area contributed by atoms with E-state index in [1.54, 1.807) is 12.1 Å². The lowest BCUT2D eigenvalue weighted by atomic mass is 10.1. The zero-order chi connectivity index (χ0) is 12.1. The molecule has 3 nitrogen and oxygen atoms in total. The maximum absolute atomic E-state index is 11.9. The minimum Gasteiger partial charge on any atom is -0.398 e. The van der Waals surface area contributed by atoms with E-state index in [9.17, 15) is 4.79 Å². The third-order valence-electron chi connectivity index (χ3n) is 2.36. The van der Waals surface area contributed by atoms with Gasteiger partial charge in [-0.15, -0.1) is 0 Å². The standard InChI is InChI=1S/C12H17BrN2O/c1-3-4-8(2)15-12(16)10-6-5-9(13)7-11(10)14/h5-8H,3-4,14H2,1-2H3,(H,15,16). The second-order valence-corrected chi connectivity index (χ2v) is 4.81. The van der Waals surface area contributed by atoms with Crippen molar-refractivity contribution in [2.75, 3.05) is 5.73 Å². The molecule has 0 bridgehead atoms. The van der Waals surface area contributed by atoms with Gasteiger partial charge < -0.3 is 11.1 Å². The van der Waals surface area contributed by atoms with Crippen molar-refractivity contribution >= 4 is 27.5 Å². The first-order chi connectivity index (χ1) is 7.54. The van der Waals surface area contributed by atoms with Gasteiger partial charge in [0.2, 0.25) is 0 Å². The molecule has 0 radical (unpaired) electrons. The van der Waals surface area contributed by atoms with E-state index in [1.807, 2.05) is 13.0 Å². The number of anilines is 1. The largest absolute Gasteiger partial charge is 0.398 e. The van der Waals surface area contributed by atoms with Gasteiger partial charge in [-0.3, -0.25) is 4.79 Å². The van der Waals surface area contributed by atoms with E-state index < -0.39 is 0 Å². The molecular weight excluding hydrogens is 268 g/mol. The van der Waals surface area contributed by atoms with Crippen molar-refractivity contribution in [3.8, 4) is 0 Å². The third kappa shape index (κ3) is 3.52. The fraction of sp³-hybridized carbons (Fsp3) is 0.417. The number of carbonyl (C=O) groups is 1. The molecule has 3 N–H and O–H groups in total. The molecule has 1 aromatic carbocycles. The second kappa shape index (κ2) is 5.89. The normalized spacial score (nSPS) is 12.2. The lowest BCUT2D eigenvalue weighted by molar-refractivity contribution is 0.0939. The van der Waals surface area contributed by atoms with Gasteiger partial charge in [0.15, 0.2) is 0 Å². The number of hydrogen-bond acceptors (Lipinski definition) is 2. The highest BCUT2D eigenvalue weighted by Crippen LogP contribution is 2.18. The number of rotatable bonds is 4. The van der Waals surface area contributed by atoms with Gasteiger partial charge in [-0.05, 0) is 31.5 Å². The van der Waals surface area contributed by atoms with Crippen LogP contribution in [-0.2, 0) is 0 Å². The average molecular weight is 285 g/mol. The third-order valence-corrected chi connectivity index (χ3v) is 2.85. The van der Waals surface area contributed by atoms with Crippen LogP contribution in [0.15, 0.2) is 22.7 Å². The van der Waals surface area contributed by atoms with Crippen molar-refractivity contribution in [2.45, 2.75) is 32.7 Å². The molecule has 88 valence electrons. The maximum atomic E-state index is 11.9. The predicted octanol–water partition coefficient (Wildman–Crippen LogP) is 2.95. The van der Waals surface area contributed by atoms with E-state index in [2.05, 4.69) is 28.2 Å². The Hall–Kier alpha value is -1.03. The van der Waals surface area contributed by atoms with Crippen molar-refractivity contribution < 1.29 is 4.79 Å². The first kappa shape index (κ1) is 13.0. The van der Waals surface area contributed by atoms with Crippen LogP contribution < -0.4 is 11.1 Å². The highest BCUT2D eigenvalue weighted by atomic mass is 79.9. The lowest BCUT2D eigenvalue weighted by Crippen LogP contribution is -2.32. The van der Waals surface area contributed by atoms with E-state index in [0.29, 0.717) is 11.3 Å². The molecule has 0 aromatic heterocycles. The van der Waals surface area contributed by atoms with E-state index in [1.165, 1.54) is 0 Å². The van der Waals surface area contributed by atoms with Crippen LogP contribution in [0.4, 0.5) is 5.69 Å². The Morgan fingerprint density at radius 1 is 1.56 bits per heavy atom. The molecule has 1 rings (SSSR count). The summed E-state index contributed by atoms with van der Waals surface area (Å²) in [5.41, 5.74) is 6.81. The summed E-state index contributed by atoms with van der Waals surface area (Å²) in [5.74, 6) is -0.106. The monoisotopic (exact) mass is 284 g/mol. The molecular formula is C12H17BrN2O. The number of amides is 1. The van der Waals surface area contributed by atoms with Gasteiger partial charge >= 0.3 is 0 Å². The van der Waals surface area contributed by atoms with E-state index in [-0.39, 0.29) is 11.9 Å². The van der Waals surface area contributed by atoms with Gasteiger partial charge in [0.25, 0.3) is 5.91 Å². The summed E-state index contributed by atoms with van der Waals surface area (Å²) in [5, 5.41) is 2.92. The van der Waals surface area contributed by atoms with E-state index >= 15 is 0 Å². The summed E-state index contributed by atoms with van der Waals surface area (Å²) < 4.78 is 0.878. The predicted molar refractivity (Wildman–Crippen MR) is 70.4 cm³/mol. The molecule has 1 aromatic rings. The number of halogens is 1. The van der Waals surface area contributed by atoms with Crippen molar-refractivity contribution in [1.82, 2.24) is 5.32 Å². The fourth-order valence-corrected chi connectivity index (χ4v) is 1.93. The SMILES string of the molecule is CCCC(C)NC(=O)c1ccc(Br)cc1N. The summed E-state index contributed by atoms with van der Waals surface area (Å²) in [4.78, 5) is 11.9. The molecule has 1 amide bonds. The Morgan fingerprint density at radius 3 is 2.81 bits per heavy atom. The smallest absolute Gasteiger partial charge is 0.253 e. The van der Waals surface area contributed by atoms with Crippen LogP contribution in [0.1, 0.15) is 37.0 Å². The van der Waals surface area contributed by atoms with Crippen molar-refractivity contribution in [3.05, 3.63) is 28.2 Å². The van der Waals surface area contributed by atoms with Crippen LogP contribution in [0.5, 0.6) is 0 Å². The van der Waals surface area contributed by atoms with Gasteiger partial charge in [-0.25, -0.2) is 0 Å². The van der Waals surface area contributed by atoms with E-state index in [4.69, 9.17) is 5.73 Å². The number of benzene rings is 1. The molecule has 0 aliphatic heterocycles. The summed E-state index contributed by atoms with van der Waals surface area (Å²) in [6.07, 6.45) is 2.03. The molecule has 4 heteroatoms. The zero-order valence-corrected chi connectivity index (χ0v) is 11.2. The average Bonchev–Trinajstić information content (AvgIpc) is 2.17. The molecule has 0 aliphatic carbocycles. The zero-order valence-electron chi connectivity index (χ0n) is 9.59. The number of nitrogen functional groups attached to an aromatic ring is 1. The maximum Gasteiger partial charge on any atom is 0.253 e. The van der Waals surface area contributed by atoms with Gasteiger partial charge in [-0.2, -0.15) is 0 Å². The molecule has 1 atom stereocenters. The molecule has 0 spiro atoms. The lowest BCUT2D eigenvalue weighted by Gasteiger charge is -2.13. The van der Waals surface area contributed by atoms with Gasteiger partial charge in [-0.1, -0.05) is 29.3 Å². The molecule has 0 aliphatic rings. The highest BCUT2D eigenvalue weighted by molar-refractivity contribution is 9.10. The highest BCUT2D eigenvalue weighted by Gasteiger charge is 2.11. The molecule has 0 heterocycles. The number of carbonyl (C=O) groups excluding carboxylic acids is 1. The van der Waals surface area contributed by atoms with Gasteiger partial charge in [0.05, 0.1) is 5.56 Å². The fourth-order valence-electron chi connectivity index (χ4n) is 1.55. The topological polar surface area (TPSA) is 55.1 Å². The Balaban J connectivity index is 2.73. The second-order valence-electron chi connectivity index (χ2n) is 3.89. The quantitative estimate of drug-likeness (QED) is 0.836. The van der Waals surface area contributed by atoms with Crippen LogP contribution in [0, 0.1) is 0 Å². The Kier molecular flexibility index (Phi) is 4.80. The van der Waals surface area contributed by atoms with Crippen LogP contribution in [0.3, 0.4) is 0 Å². The Bertz CT molecular complexity index is 379. The number of nitrogens with one attached hydrogen (secondary N) is 1. The van der Waals surface area contributed by atoms with Crippen LogP contribution in [0.25, 0.3) is 0 Å². The van der Waals surface area contributed by atoms with Crippen LogP contribution in [-0.4, -0.2) is 11.9 Å². The molecule has 0 saturated heterocycles. The molecule has 1 unspecified atom stereocenters. The minimum atomic E-state index is -0.106. The first-order valence-electron chi connectivity index (χ1n) is 5.40. The molecule has 0 saturated carbocycles. The Labute approximate surface area is 105 Å². The van der Waals surface area contributed by atoms with E-state index in [0.717, 1.165) is 17.3 Å². The van der Waals surface area contributed by atoms with Crippen molar-refractivity contribution in [2.24, 2.45) is 0 Å². The van der Waals surface area contributed by atoms with Crippen molar-refractivity contribution in [3.63, 3.8) is 0 Å². The molecule has 16 heavy (non-hydrogen) atoms. The minimum absolute atomic E-state index is 0.106. The van der Waals surface area contributed by atoms with Crippen LogP contribution in [0.2, 0.25) is 0 Å².